The second-order valence-electron chi connectivity index (χ2n) is 2.69. The lowest BCUT2D eigenvalue weighted by Gasteiger charge is -2.06. The van der Waals surface area contributed by atoms with E-state index in [2.05, 4.69) is 4.84 Å². The molecule has 1 aromatic carbocycles. The van der Waals surface area contributed by atoms with Crippen LogP contribution in [0.5, 0.6) is 5.75 Å². The van der Waals surface area contributed by atoms with E-state index in [9.17, 15) is 0 Å². The van der Waals surface area contributed by atoms with Crippen molar-refractivity contribution in [1.29, 1.82) is 0 Å². The van der Waals surface area contributed by atoms with Crippen LogP contribution in [-0.4, -0.2) is 29.5 Å². The summed E-state index contributed by atoms with van der Waals surface area (Å²) in [6, 6.07) is 7.48. The molecule has 2 N–H and O–H groups in total. The van der Waals surface area contributed by atoms with Gasteiger partial charge in [-0.2, -0.15) is 0 Å². The molecule has 0 radical (unpaired) electrons. The summed E-state index contributed by atoms with van der Waals surface area (Å²) >= 11 is 0. The molecule has 0 aliphatic rings. The molecule has 0 aromatic heterocycles. The second-order valence-corrected chi connectivity index (χ2v) is 2.69. The van der Waals surface area contributed by atoms with E-state index in [1.54, 1.807) is 7.11 Å². The van der Waals surface area contributed by atoms with Gasteiger partial charge in [0.15, 0.2) is 0 Å². The van der Waals surface area contributed by atoms with Gasteiger partial charge in [0.1, 0.15) is 5.75 Å². The topological polar surface area (TPSA) is 62.2 Å². The predicted molar refractivity (Wildman–Crippen MR) is 48.1 cm³/mol. The lowest BCUT2D eigenvalue weighted by atomic mass is 10.1. The van der Waals surface area contributed by atoms with Crippen LogP contribution in [0.1, 0.15) is 5.56 Å². The molecule has 5 nitrogen and oxygen atoms in total. The summed E-state index contributed by atoms with van der Waals surface area (Å²) in [7, 11) is 1.60. The minimum atomic E-state index is -0.291. The molecule has 14 heavy (non-hydrogen) atoms. The van der Waals surface area contributed by atoms with Crippen molar-refractivity contribution < 1.29 is 20.0 Å². The Kier molecular flexibility index (Phi) is 4.34. The van der Waals surface area contributed by atoms with Gasteiger partial charge in [-0.25, -0.2) is 0 Å². The Labute approximate surface area is 82.0 Å². The van der Waals surface area contributed by atoms with Crippen molar-refractivity contribution in [2.24, 2.45) is 0 Å². The number of benzene rings is 1. The summed E-state index contributed by atoms with van der Waals surface area (Å²) in [5.74, 6) is 0.771. The highest BCUT2D eigenvalue weighted by molar-refractivity contribution is 5.28. The molecule has 5 heteroatoms. The molecule has 0 saturated heterocycles. The number of hydrogen-bond donors (Lipinski definition) is 2. The van der Waals surface area contributed by atoms with Crippen LogP contribution in [0.25, 0.3) is 0 Å². The third-order valence-corrected chi connectivity index (χ3v) is 1.73. The zero-order valence-corrected chi connectivity index (χ0v) is 7.88. The number of methoxy groups -OCH3 is 1. The van der Waals surface area contributed by atoms with Crippen LogP contribution in [0.15, 0.2) is 24.3 Å². The zero-order chi connectivity index (χ0) is 10.4. The number of nitrogens with zero attached hydrogens (tertiary/aromatic N) is 1. The molecule has 0 unspecified atom stereocenters. The summed E-state index contributed by atoms with van der Waals surface area (Å²) < 4.78 is 5.03. The van der Waals surface area contributed by atoms with Gasteiger partial charge in [-0.05, 0) is 24.1 Å². The Morgan fingerprint density at radius 2 is 2.14 bits per heavy atom. The summed E-state index contributed by atoms with van der Waals surface area (Å²) in [5.41, 5.74) is 1.01. The molecule has 0 saturated carbocycles. The van der Waals surface area contributed by atoms with Crippen LogP contribution in [-0.2, 0) is 11.3 Å². The van der Waals surface area contributed by atoms with E-state index in [1.807, 2.05) is 24.3 Å². The lowest BCUT2D eigenvalue weighted by Crippen LogP contribution is -2.16. The van der Waals surface area contributed by atoms with Crippen molar-refractivity contribution in [3.63, 3.8) is 0 Å². The monoisotopic (exact) mass is 199 g/mol. The average molecular weight is 199 g/mol. The fourth-order valence-electron chi connectivity index (χ4n) is 1.07. The standard InChI is InChI=1S/C9H13NO4/c1-13-9-4-2-3-8(7-9)5-6-14-10(11)12/h2-4,7,11-12H,5-6H2,1H3. The van der Waals surface area contributed by atoms with Crippen molar-refractivity contribution in [2.75, 3.05) is 13.7 Å². The maximum absolute atomic E-state index is 8.27. The third kappa shape index (κ3) is 3.71. The SMILES string of the molecule is COc1cccc(CCON(O)O)c1. The van der Waals surface area contributed by atoms with E-state index in [-0.39, 0.29) is 12.0 Å². The highest BCUT2D eigenvalue weighted by Gasteiger charge is 1.98. The molecular formula is C9H13NO4. The molecule has 0 fully saturated rings. The van der Waals surface area contributed by atoms with E-state index in [0.29, 0.717) is 6.42 Å². The molecule has 0 atom stereocenters. The largest absolute Gasteiger partial charge is 0.497 e. The quantitative estimate of drug-likeness (QED) is 0.699. The summed E-state index contributed by atoms with van der Waals surface area (Å²) in [5, 5.41) is 16.3. The molecule has 0 heterocycles. The van der Waals surface area contributed by atoms with E-state index in [1.165, 1.54) is 0 Å². The second kappa shape index (κ2) is 5.56. The van der Waals surface area contributed by atoms with Crippen molar-refractivity contribution in [1.82, 2.24) is 5.39 Å². The predicted octanol–water partition coefficient (Wildman–Crippen LogP) is 1.25. The maximum Gasteiger partial charge on any atom is 0.119 e. The number of rotatable bonds is 5. The van der Waals surface area contributed by atoms with Crippen molar-refractivity contribution >= 4 is 0 Å². The van der Waals surface area contributed by atoms with Gasteiger partial charge in [-0.1, -0.05) is 12.1 Å². The van der Waals surface area contributed by atoms with Crippen LogP contribution < -0.4 is 4.74 Å². The Bertz CT molecular complexity index is 277. The first-order valence-electron chi connectivity index (χ1n) is 4.16. The molecule has 1 rings (SSSR count). The van der Waals surface area contributed by atoms with Crippen LogP contribution in [0.3, 0.4) is 0 Å². The fourth-order valence-corrected chi connectivity index (χ4v) is 1.07. The number of hydrogen-bond acceptors (Lipinski definition) is 5. The average Bonchev–Trinajstić information content (AvgIpc) is 2.18. The Hall–Kier alpha value is -1.14. The Morgan fingerprint density at radius 3 is 2.79 bits per heavy atom. The van der Waals surface area contributed by atoms with Gasteiger partial charge in [0.05, 0.1) is 19.1 Å². The van der Waals surface area contributed by atoms with E-state index < -0.39 is 0 Å². The maximum atomic E-state index is 8.27. The first-order valence-corrected chi connectivity index (χ1v) is 4.16. The van der Waals surface area contributed by atoms with Gasteiger partial charge in [0, 0.05) is 0 Å². The fraction of sp³-hybridized carbons (Fsp3) is 0.333. The van der Waals surface area contributed by atoms with Gasteiger partial charge in [0.2, 0.25) is 0 Å². The van der Waals surface area contributed by atoms with Gasteiger partial charge < -0.3 is 4.74 Å². The highest BCUT2D eigenvalue weighted by atomic mass is 17.1. The normalized spacial score (nSPS) is 10.6. The molecule has 78 valence electrons. The van der Waals surface area contributed by atoms with E-state index >= 15 is 0 Å². The molecule has 0 aliphatic carbocycles. The van der Waals surface area contributed by atoms with Gasteiger partial charge >= 0.3 is 0 Å². The first-order chi connectivity index (χ1) is 6.72. The molecule has 0 bridgehead atoms. The third-order valence-electron chi connectivity index (χ3n) is 1.73. The molecule has 1 aromatic rings. The minimum absolute atomic E-state index is 0.195. The molecular weight excluding hydrogens is 186 g/mol. The smallest absolute Gasteiger partial charge is 0.119 e. The van der Waals surface area contributed by atoms with Gasteiger partial charge in [0.25, 0.3) is 0 Å². The van der Waals surface area contributed by atoms with Gasteiger partial charge in [-0.3, -0.25) is 15.3 Å². The zero-order valence-electron chi connectivity index (χ0n) is 7.88. The Morgan fingerprint density at radius 1 is 1.36 bits per heavy atom. The van der Waals surface area contributed by atoms with Crippen LogP contribution in [0.4, 0.5) is 0 Å². The lowest BCUT2D eigenvalue weighted by molar-refractivity contribution is -0.492. The number of ether oxygens (including phenoxy) is 1. The highest BCUT2D eigenvalue weighted by Crippen LogP contribution is 2.12. The first kappa shape index (κ1) is 10.9. The van der Waals surface area contributed by atoms with Crippen molar-refractivity contribution in [3.8, 4) is 5.75 Å². The molecule has 0 aliphatic heterocycles. The van der Waals surface area contributed by atoms with Gasteiger partial charge in [-0.15, -0.1) is 0 Å². The molecule has 0 spiro atoms. The summed E-state index contributed by atoms with van der Waals surface area (Å²) in [4.78, 5) is 4.42. The van der Waals surface area contributed by atoms with E-state index in [0.717, 1.165) is 11.3 Å². The molecule has 0 amide bonds. The van der Waals surface area contributed by atoms with Crippen molar-refractivity contribution in [2.45, 2.75) is 6.42 Å². The van der Waals surface area contributed by atoms with Crippen LogP contribution in [0, 0.1) is 0 Å². The van der Waals surface area contributed by atoms with Crippen LogP contribution in [0.2, 0.25) is 0 Å². The minimum Gasteiger partial charge on any atom is -0.497 e. The van der Waals surface area contributed by atoms with Crippen molar-refractivity contribution in [3.05, 3.63) is 29.8 Å². The van der Waals surface area contributed by atoms with E-state index in [4.69, 9.17) is 15.2 Å². The Balaban J connectivity index is 2.42. The van der Waals surface area contributed by atoms with Crippen LogP contribution >= 0.6 is 0 Å². The summed E-state index contributed by atoms with van der Waals surface area (Å²) in [6.07, 6.45) is 0.578. The summed E-state index contributed by atoms with van der Waals surface area (Å²) in [6.45, 7) is 0.195.